The maximum atomic E-state index is 12.5. The summed E-state index contributed by atoms with van der Waals surface area (Å²) in [4.78, 5) is 23.6. The molecule has 1 atom stereocenters. The smallest absolute Gasteiger partial charge is 0.239 e. The van der Waals surface area contributed by atoms with Crippen LogP contribution < -0.4 is 10.9 Å². The topological polar surface area (TPSA) is 88.9 Å². The molecule has 7 nitrogen and oxygen atoms in total. The van der Waals surface area contributed by atoms with E-state index in [4.69, 9.17) is 11.6 Å². The summed E-state index contributed by atoms with van der Waals surface area (Å²) in [5.74, 6) is 0.392. The van der Waals surface area contributed by atoms with Gasteiger partial charge in [-0.05, 0) is 36.3 Å². The van der Waals surface area contributed by atoms with Crippen LogP contribution in [0.4, 0.5) is 0 Å². The second-order valence-electron chi connectivity index (χ2n) is 7.09. The first-order valence-corrected chi connectivity index (χ1v) is 9.86. The molecule has 0 bridgehead atoms. The molecule has 0 saturated heterocycles. The fraction of sp³-hybridized carbons (Fsp3) is 0.182. The Hall–Kier alpha value is -3.45. The highest BCUT2D eigenvalue weighted by Crippen LogP contribution is 2.38. The van der Waals surface area contributed by atoms with Crippen molar-refractivity contribution in [2.75, 3.05) is 0 Å². The van der Waals surface area contributed by atoms with Crippen LogP contribution in [-0.4, -0.2) is 26.6 Å². The van der Waals surface area contributed by atoms with E-state index in [2.05, 4.69) is 21.0 Å². The van der Waals surface area contributed by atoms with Crippen molar-refractivity contribution in [2.45, 2.75) is 26.2 Å². The van der Waals surface area contributed by atoms with Gasteiger partial charge in [0, 0.05) is 29.8 Å². The number of allylic oxidation sites excluding steroid dienone is 1. The lowest BCUT2D eigenvalue weighted by molar-refractivity contribution is -0.128. The van der Waals surface area contributed by atoms with Crippen molar-refractivity contribution in [2.24, 2.45) is 0 Å². The van der Waals surface area contributed by atoms with Crippen molar-refractivity contribution in [3.8, 4) is 5.69 Å². The van der Waals surface area contributed by atoms with Gasteiger partial charge in [0.25, 0.3) is 0 Å². The van der Waals surface area contributed by atoms with Gasteiger partial charge >= 0.3 is 0 Å². The Morgan fingerprint density at radius 1 is 1.07 bits per heavy atom. The molecular formula is C22H20ClN5O2. The van der Waals surface area contributed by atoms with Crippen LogP contribution in [0, 0.1) is 6.92 Å². The third-order valence-electron chi connectivity index (χ3n) is 4.92. The number of aromatic nitrogens is 3. The molecule has 0 unspecified atom stereocenters. The number of carbonyl (C=O) groups is 2. The summed E-state index contributed by atoms with van der Waals surface area (Å²) < 4.78 is 1.98. The van der Waals surface area contributed by atoms with Crippen molar-refractivity contribution in [1.29, 1.82) is 0 Å². The van der Waals surface area contributed by atoms with Gasteiger partial charge in [-0.3, -0.25) is 25.0 Å². The van der Waals surface area contributed by atoms with Gasteiger partial charge in [0.2, 0.25) is 11.8 Å². The van der Waals surface area contributed by atoms with Gasteiger partial charge in [0.1, 0.15) is 11.6 Å². The zero-order valence-electron chi connectivity index (χ0n) is 16.5. The molecule has 2 heterocycles. The number of amides is 2. The summed E-state index contributed by atoms with van der Waals surface area (Å²) in [6.45, 7) is 3.22. The van der Waals surface area contributed by atoms with Crippen LogP contribution in [0.2, 0.25) is 5.02 Å². The number of fused-ring (bicyclic) bond motifs is 3. The van der Waals surface area contributed by atoms with E-state index in [9.17, 15) is 9.59 Å². The normalized spacial score (nSPS) is 14.8. The van der Waals surface area contributed by atoms with E-state index in [0.717, 1.165) is 28.2 Å². The number of hydrazine groups is 1. The number of halogens is 1. The average molecular weight is 422 g/mol. The molecule has 2 aromatic carbocycles. The van der Waals surface area contributed by atoms with Crippen molar-refractivity contribution in [3.05, 3.63) is 82.4 Å². The van der Waals surface area contributed by atoms with Gasteiger partial charge in [-0.2, -0.15) is 0 Å². The number of nitrogens with zero attached hydrogens (tertiary/aromatic N) is 3. The Kier molecular flexibility index (Phi) is 5.37. The molecule has 1 aliphatic heterocycles. The third kappa shape index (κ3) is 3.84. The van der Waals surface area contributed by atoms with Crippen molar-refractivity contribution in [3.63, 3.8) is 0 Å². The van der Waals surface area contributed by atoms with Gasteiger partial charge in [0.15, 0.2) is 0 Å². The molecule has 8 heteroatoms. The molecule has 4 rings (SSSR count). The second kappa shape index (κ2) is 8.12. The number of hydrogen-bond acceptors (Lipinski definition) is 4. The lowest BCUT2D eigenvalue weighted by Crippen LogP contribution is -2.40. The minimum absolute atomic E-state index is 0.101. The molecule has 0 saturated carbocycles. The van der Waals surface area contributed by atoms with E-state index in [1.165, 1.54) is 6.92 Å². The number of carbonyl (C=O) groups excluding carboxylic acids is 2. The molecule has 2 N–H and O–H groups in total. The zero-order valence-corrected chi connectivity index (χ0v) is 17.3. The number of benzene rings is 2. The van der Waals surface area contributed by atoms with Crippen LogP contribution in [0.3, 0.4) is 0 Å². The molecular weight excluding hydrogens is 402 g/mol. The maximum absolute atomic E-state index is 12.5. The molecule has 0 radical (unpaired) electrons. The SMILES string of the molecule is CC(=O)NNC(=O)C[C@H]1C=C(c2ccc(Cl)cc2)c2ccccc2-n2c(C)nnc21. The molecule has 3 aromatic rings. The Morgan fingerprint density at radius 3 is 2.53 bits per heavy atom. The van der Waals surface area contributed by atoms with Crippen LogP contribution in [-0.2, 0) is 9.59 Å². The first-order valence-electron chi connectivity index (χ1n) is 9.49. The third-order valence-corrected chi connectivity index (χ3v) is 5.17. The Bertz CT molecular complexity index is 1150. The van der Waals surface area contributed by atoms with E-state index in [1.54, 1.807) is 0 Å². The predicted molar refractivity (Wildman–Crippen MR) is 114 cm³/mol. The Morgan fingerprint density at radius 2 is 1.80 bits per heavy atom. The van der Waals surface area contributed by atoms with E-state index in [-0.39, 0.29) is 24.2 Å². The van der Waals surface area contributed by atoms with Crippen molar-refractivity contribution >= 4 is 29.0 Å². The summed E-state index contributed by atoms with van der Waals surface area (Å²) in [6, 6.07) is 15.6. The van der Waals surface area contributed by atoms with Gasteiger partial charge < -0.3 is 0 Å². The molecule has 30 heavy (non-hydrogen) atoms. The molecule has 1 aliphatic rings. The highest BCUT2D eigenvalue weighted by molar-refractivity contribution is 6.30. The molecule has 0 spiro atoms. The highest BCUT2D eigenvalue weighted by atomic mass is 35.5. The minimum atomic E-state index is -0.349. The van der Waals surface area contributed by atoms with E-state index in [0.29, 0.717) is 10.8 Å². The number of hydrogen-bond donors (Lipinski definition) is 2. The monoisotopic (exact) mass is 421 g/mol. The lowest BCUT2D eigenvalue weighted by atomic mass is 9.92. The Balaban J connectivity index is 1.84. The fourth-order valence-corrected chi connectivity index (χ4v) is 3.74. The summed E-state index contributed by atoms with van der Waals surface area (Å²) in [5, 5.41) is 9.26. The summed E-state index contributed by atoms with van der Waals surface area (Å²) in [7, 11) is 0. The first-order chi connectivity index (χ1) is 14.4. The predicted octanol–water partition coefficient (Wildman–Crippen LogP) is 3.32. The minimum Gasteiger partial charge on any atom is -0.282 e. The van der Waals surface area contributed by atoms with Crippen LogP contribution in [0.5, 0.6) is 0 Å². The number of para-hydroxylation sites is 1. The molecule has 0 fully saturated rings. The fourth-order valence-electron chi connectivity index (χ4n) is 3.62. The molecule has 0 aliphatic carbocycles. The Labute approximate surface area is 178 Å². The number of aryl methyl sites for hydroxylation is 1. The second-order valence-corrected chi connectivity index (χ2v) is 7.52. The van der Waals surface area contributed by atoms with Crippen LogP contribution >= 0.6 is 11.6 Å². The summed E-state index contributed by atoms with van der Waals surface area (Å²) >= 11 is 6.09. The molecule has 152 valence electrons. The van der Waals surface area contributed by atoms with Crippen LogP contribution in [0.15, 0.2) is 54.6 Å². The molecule has 1 aromatic heterocycles. The lowest BCUT2D eigenvalue weighted by Gasteiger charge is -2.13. The highest BCUT2D eigenvalue weighted by Gasteiger charge is 2.28. The summed E-state index contributed by atoms with van der Waals surface area (Å²) in [5.41, 5.74) is 8.67. The summed E-state index contributed by atoms with van der Waals surface area (Å²) in [6.07, 6.45) is 2.13. The number of nitrogens with one attached hydrogen (secondary N) is 2. The quantitative estimate of drug-likeness (QED) is 0.635. The number of rotatable bonds is 3. The van der Waals surface area contributed by atoms with Crippen LogP contribution in [0.1, 0.15) is 42.0 Å². The van der Waals surface area contributed by atoms with E-state index in [1.807, 2.05) is 66.1 Å². The van der Waals surface area contributed by atoms with E-state index < -0.39 is 0 Å². The average Bonchev–Trinajstić information content (AvgIpc) is 3.05. The van der Waals surface area contributed by atoms with E-state index >= 15 is 0 Å². The van der Waals surface area contributed by atoms with Gasteiger partial charge in [-0.25, -0.2) is 0 Å². The van der Waals surface area contributed by atoms with Crippen LogP contribution in [0.25, 0.3) is 11.3 Å². The largest absolute Gasteiger partial charge is 0.282 e. The zero-order chi connectivity index (χ0) is 21.3. The van der Waals surface area contributed by atoms with Gasteiger partial charge in [-0.1, -0.05) is 48.0 Å². The van der Waals surface area contributed by atoms with Crippen molar-refractivity contribution in [1.82, 2.24) is 25.6 Å². The van der Waals surface area contributed by atoms with Gasteiger partial charge in [0.05, 0.1) is 5.69 Å². The first kappa shape index (κ1) is 19.8. The standard InChI is InChI=1S/C22H20ClN5O2/c1-13-24-27-22-16(12-21(30)26-25-14(2)29)11-19(15-7-9-17(23)10-8-15)18-5-3-4-6-20(18)28(13)22/h3-11,16H,12H2,1-2H3,(H,25,29)(H,26,30)/t16-/m1/s1. The molecule has 2 amide bonds. The van der Waals surface area contributed by atoms with Crippen molar-refractivity contribution < 1.29 is 9.59 Å². The van der Waals surface area contributed by atoms with Gasteiger partial charge in [-0.15, -0.1) is 10.2 Å². The maximum Gasteiger partial charge on any atom is 0.239 e.